The van der Waals surface area contributed by atoms with Crippen LogP contribution >= 0.6 is 34.1 Å². The number of aromatic hydroxyl groups is 1. The summed E-state index contributed by atoms with van der Waals surface area (Å²) in [5, 5.41) is 14.6. The normalized spacial score (nSPS) is 11.1. The number of rotatable bonds is 4. The number of anilines is 1. The highest BCUT2D eigenvalue weighted by molar-refractivity contribution is 14.1. The monoisotopic (exact) mass is 464 g/mol. The Hall–Kier alpha value is -2.33. The summed E-state index contributed by atoms with van der Waals surface area (Å²) in [6.07, 6.45) is 0. The lowest BCUT2D eigenvalue weighted by atomic mass is 10.2. The summed E-state index contributed by atoms with van der Waals surface area (Å²) in [5.74, 6) is 0.640. The summed E-state index contributed by atoms with van der Waals surface area (Å²) in [4.78, 5) is 14.9. The van der Waals surface area contributed by atoms with E-state index in [4.69, 9.17) is 0 Å². The molecule has 0 aliphatic rings. The lowest BCUT2D eigenvalue weighted by Crippen LogP contribution is -2.14. The molecule has 0 atom stereocenters. The van der Waals surface area contributed by atoms with Gasteiger partial charge in [-0.15, -0.1) is 0 Å². The van der Waals surface area contributed by atoms with Gasteiger partial charge in [-0.3, -0.25) is 0 Å². The Morgan fingerprint density at radius 3 is 2.76 bits per heavy atom. The Labute approximate surface area is 160 Å². The fourth-order valence-electron chi connectivity index (χ4n) is 2.61. The van der Waals surface area contributed by atoms with E-state index in [1.807, 2.05) is 36.4 Å². The van der Waals surface area contributed by atoms with Crippen molar-refractivity contribution < 1.29 is 5.11 Å². The lowest BCUT2D eigenvalue weighted by Gasteiger charge is -2.05. The highest BCUT2D eigenvalue weighted by Crippen LogP contribution is 2.27. The molecule has 3 N–H and O–H groups in total. The number of aromatic amines is 1. The van der Waals surface area contributed by atoms with Crippen molar-refractivity contribution in [3.63, 3.8) is 0 Å². The average molecular weight is 464 g/mol. The molecule has 8 heteroatoms. The molecule has 126 valence electrons. The van der Waals surface area contributed by atoms with Crippen LogP contribution in [0.5, 0.6) is 5.88 Å². The van der Waals surface area contributed by atoms with Gasteiger partial charge in [0.1, 0.15) is 5.82 Å². The number of imidazole rings is 1. The quantitative estimate of drug-likeness (QED) is 0.403. The molecule has 0 spiro atoms. The van der Waals surface area contributed by atoms with Crippen LogP contribution in [0.3, 0.4) is 0 Å². The third-order valence-corrected chi connectivity index (χ3v) is 5.38. The maximum atomic E-state index is 12.2. The SMILES string of the molecule is O=c1[nH]c(CNc2nsc3ccccc23)c(O)n1-c1ccc(I)cc1. The Morgan fingerprint density at radius 1 is 1.20 bits per heavy atom. The largest absolute Gasteiger partial charge is 0.493 e. The van der Waals surface area contributed by atoms with Crippen molar-refractivity contribution in [3.05, 3.63) is 68.3 Å². The summed E-state index contributed by atoms with van der Waals surface area (Å²) >= 11 is 3.60. The van der Waals surface area contributed by atoms with E-state index >= 15 is 0 Å². The molecule has 0 aliphatic carbocycles. The molecule has 2 aromatic heterocycles. The van der Waals surface area contributed by atoms with Crippen LogP contribution in [0.25, 0.3) is 15.8 Å². The first-order chi connectivity index (χ1) is 12.1. The second-order valence-corrected chi connectivity index (χ2v) is 7.48. The maximum absolute atomic E-state index is 12.2. The van der Waals surface area contributed by atoms with Crippen molar-refractivity contribution in [1.82, 2.24) is 13.9 Å². The van der Waals surface area contributed by atoms with Crippen molar-refractivity contribution in [3.8, 4) is 11.6 Å². The maximum Gasteiger partial charge on any atom is 0.333 e. The third kappa shape index (κ3) is 3.02. The minimum Gasteiger partial charge on any atom is -0.493 e. The fourth-order valence-corrected chi connectivity index (χ4v) is 3.73. The number of nitrogens with zero attached hydrogens (tertiary/aromatic N) is 2. The first kappa shape index (κ1) is 16.2. The van der Waals surface area contributed by atoms with E-state index in [1.165, 1.54) is 16.1 Å². The number of nitrogens with one attached hydrogen (secondary N) is 2. The van der Waals surface area contributed by atoms with Gasteiger partial charge in [-0.1, -0.05) is 12.1 Å². The highest BCUT2D eigenvalue weighted by atomic mass is 127. The second-order valence-electron chi connectivity index (χ2n) is 5.43. The van der Waals surface area contributed by atoms with Crippen LogP contribution in [0, 0.1) is 3.57 Å². The Kier molecular flexibility index (Phi) is 4.22. The average Bonchev–Trinajstić information content (AvgIpc) is 3.15. The molecule has 0 amide bonds. The molecule has 0 fully saturated rings. The van der Waals surface area contributed by atoms with Crippen LogP contribution in [0.2, 0.25) is 0 Å². The molecule has 0 aliphatic heterocycles. The Balaban J connectivity index is 1.62. The standard InChI is InChI=1S/C17H13IN4O2S/c18-10-5-7-11(8-6-10)22-16(23)13(20-17(22)24)9-19-15-12-3-1-2-4-14(12)25-21-15/h1-8,23H,9H2,(H,19,21)(H,20,24). The molecule has 6 nitrogen and oxygen atoms in total. The predicted octanol–water partition coefficient (Wildman–Crippen LogP) is 3.70. The van der Waals surface area contributed by atoms with E-state index in [-0.39, 0.29) is 18.1 Å². The lowest BCUT2D eigenvalue weighted by molar-refractivity contribution is 0.435. The molecular weight excluding hydrogens is 451 g/mol. The minimum absolute atomic E-state index is 0.0988. The minimum atomic E-state index is -0.376. The zero-order valence-electron chi connectivity index (χ0n) is 12.9. The second kappa shape index (κ2) is 6.52. The van der Waals surface area contributed by atoms with Crippen molar-refractivity contribution in [2.24, 2.45) is 0 Å². The van der Waals surface area contributed by atoms with Crippen LogP contribution < -0.4 is 11.0 Å². The van der Waals surface area contributed by atoms with E-state index in [0.717, 1.165) is 19.5 Å². The molecular formula is C17H13IN4O2S. The van der Waals surface area contributed by atoms with Gasteiger partial charge < -0.3 is 15.4 Å². The van der Waals surface area contributed by atoms with Crippen molar-refractivity contribution in [2.75, 3.05) is 5.32 Å². The van der Waals surface area contributed by atoms with E-state index in [0.29, 0.717) is 11.4 Å². The first-order valence-corrected chi connectivity index (χ1v) is 9.36. The number of fused-ring (bicyclic) bond motifs is 1. The van der Waals surface area contributed by atoms with Crippen LogP contribution in [-0.4, -0.2) is 19.0 Å². The van der Waals surface area contributed by atoms with E-state index in [9.17, 15) is 9.90 Å². The molecule has 0 radical (unpaired) electrons. The van der Waals surface area contributed by atoms with Gasteiger partial charge in [0.2, 0.25) is 5.88 Å². The zero-order valence-corrected chi connectivity index (χ0v) is 15.8. The number of H-pyrrole nitrogens is 1. The van der Waals surface area contributed by atoms with Gasteiger partial charge in [0.25, 0.3) is 0 Å². The Morgan fingerprint density at radius 2 is 1.96 bits per heavy atom. The highest BCUT2D eigenvalue weighted by Gasteiger charge is 2.15. The van der Waals surface area contributed by atoms with Gasteiger partial charge in [-0.05, 0) is 70.5 Å². The Bertz CT molecular complexity index is 1100. The summed E-state index contributed by atoms with van der Waals surface area (Å²) < 4.78 is 7.78. The molecule has 0 saturated carbocycles. The summed E-state index contributed by atoms with van der Waals surface area (Å²) in [6.45, 7) is 0.270. The molecule has 0 unspecified atom stereocenters. The molecule has 0 bridgehead atoms. The molecule has 4 rings (SSSR count). The van der Waals surface area contributed by atoms with Gasteiger partial charge in [0.05, 0.1) is 22.6 Å². The van der Waals surface area contributed by atoms with Crippen molar-refractivity contribution in [1.29, 1.82) is 0 Å². The molecule has 25 heavy (non-hydrogen) atoms. The van der Waals surface area contributed by atoms with Crippen molar-refractivity contribution in [2.45, 2.75) is 6.54 Å². The number of halogens is 1. The topological polar surface area (TPSA) is 82.9 Å². The van der Waals surface area contributed by atoms with Gasteiger partial charge in [0.15, 0.2) is 0 Å². The third-order valence-electron chi connectivity index (χ3n) is 3.84. The molecule has 0 saturated heterocycles. The van der Waals surface area contributed by atoms with E-state index in [1.54, 1.807) is 12.1 Å². The summed E-state index contributed by atoms with van der Waals surface area (Å²) in [6, 6.07) is 15.3. The van der Waals surface area contributed by atoms with Crippen molar-refractivity contribution >= 4 is 50.0 Å². The first-order valence-electron chi connectivity index (χ1n) is 7.50. The number of aromatic nitrogens is 3. The molecule has 4 aromatic rings. The van der Waals surface area contributed by atoms with Crippen LogP contribution in [0.15, 0.2) is 53.3 Å². The van der Waals surface area contributed by atoms with E-state index < -0.39 is 0 Å². The van der Waals surface area contributed by atoms with Gasteiger partial charge in [-0.25, -0.2) is 9.36 Å². The van der Waals surface area contributed by atoms with Gasteiger partial charge >= 0.3 is 5.69 Å². The fraction of sp³-hybridized carbons (Fsp3) is 0.0588. The predicted molar refractivity (Wildman–Crippen MR) is 108 cm³/mol. The van der Waals surface area contributed by atoms with Crippen LogP contribution in [0.1, 0.15) is 5.69 Å². The van der Waals surface area contributed by atoms with E-state index in [2.05, 4.69) is 37.3 Å². The van der Waals surface area contributed by atoms with Gasteiger partial charge in [0, 0.05) is 8.96 Å². The number of benzene rings is 2. The smallest absolute Gasteiger partial charge is 0.333 e. The van der Waals surface area contributed by atoms with Crippen LogP contribution in [0.4, 0.5) is 5.82 Å². The summed E-state index contributed by atoms with van der Waals surface area (Å²) in [5.41, 5.74) is 0.656. The van der Waals surface area contributed by atoms with Crippen LogP contribution in [-0.2, 0) is 6.54 Å². The molecule has 2 aromatic carbocycles. The number of hydrogen-bond acceptors (Lipinski definition) is 5. The van der Waals surface area contributed by atoms with Gasteiger partial charge in [-0.2, -0.15) is 4.37 Å². The summed E-state index contributed by atoms with van der Waals surface area (Å²) in [7, 11) is 0. The number of hydrogen-bond donors (Lipinski definition) is 3. The molecule has 2 heterocycles. The zero-order chi connectivity index (χ0) is 17.4.